The number of carbonyl (C=O) groups is 1. The highest BCUT2D eigenvalue weighted by Crippen LogP contribution is 2.37. The number of benzene rings is 1. The molecular weight excluding hydrogens is 281 g/mol. The molecule has 0 radical (unpaired) electrons. The first-order chi connectivity index (χ1) is 8.52. The fraction of sp³-hybridized carbons (Fsp3) is 0. The van der Waals surface area contributed by atoms with Crippen molar-refractivity contribution in [2.45, 2.75) is 0 Å². The van der Waals surface area contributed by atoms with E-state index in [1.807, 2.05) is 0 Å². The number of nitro groups is 1. The average molecular weight is 286 g/mol. The molecule has 7 heteroatoms. The largest absolute Gasteiger partial charge is 0.453 e. The van der Waals surface area contributed by atoms with Crippen molar-refractivity contribution < 1.29 is 14.1 Å². The molecule has 0 saturated carbocycles. The molecule has 1 aromatic carbocycles. The number of hydrogen-bond acceptors (Lipinski definition) is 4. The van der Waals surface area contributed by atoms with Gasteiger partial charge in [0.1, 0.15) is 10.8 Å². The van der Waals surface area contributed by atoms with Crippen LogP contribution in [0.25, 0.3) is 11.3 Å². The zero-order valence-corrected chi connectivity index (χ0v) is 10.2. The summed E-state index contributed by atoms with van der Waals surface area (Å²) < 4.78 is 5.16. The summed E-state index contributed by atoms with van der Waals surface area (Å²) in [6, 6.07) is 5.42. The lowest BCUT2D eigenvalue weighted by Crippen LogP contribution is -1.90. The molecule has 0 N–H and O–H groups in total. The summed E-state index contributed by atoms with van der Waals surface area (Å²) in [4.78, 5) is 20.7. The molecule has 1 heterocycles. The fourth-order valence-corrected chi connectivity index (χ4v) is 1.97. The zero-order chi connectivity index (χ0) is 13.3. The van der Waals surface area contributed by atoms with E-state index in [2.05, 4.69) is 0 Å². The molecule has 2 rings (SSSR count). The number of halogens is 2. The third kappa shape index (κ3) is 2.23. The maximum atomic E-state index is 10.8. The lowest BCUT2D eigenvalue weighted by molar-refractivity contribution is -0.384. The predicted octanol–water partition coefficient (Wildman–Crippen LogP) is 3.97. The number of furan rings is 1. The second-order valence-corrected chi connectivity index (χ2v) is 4.17. The molecule has 0 unspecified atom stereocenters. The zero-order valence-electron chi connectivity index (χ0n) is 8.72. The monoisotopic (exact) mass is 285 g/mol. The van der Waals surface area contributed by atoms with Crippen molar-refractivity contribution in [1.82, 2.24) is 0 Å². The van der Waals surface area contributed by atoms with Gasteiger partial charge in [-0.15, -0.1) is 0 Å². The first-order valence-corrected chi connectivity index (χ1v) is 5.47. The Morgan fingerprint density at radius 3 is 2.50 bits per heavy atom. The molecule has 0 fully saturated rings. The van der Waals surface area contributed by atoms with Crippen molar-refractivity contribution in [3.8, 4) is 11.3 Å². The minimum atomic E-state index is -0.619. The lowest BCUT2D eigenvalue weighted by Gasteiger charge is -2.02. The van der Waals surface area contributed by atoms with Crippen LogP contribution in [-0.2, 0) is 0 Å². The average Bonchev–Trinajstić information content (AvgIpc) is 2.77. The van der Waals surface area contributed by atoms with Gasteiger partial charge < -0.3 is 4.42 Å². The molecule has 18 heavy (non-hydrogen) atoms. The molecule has 0 saturated heterocycles. The van der Waals surface area contributed by atoms with E-state index in [1.165, 1.54) is 24.3 Å². The molecule has 5 nitrogen and oxygen atoms in total. The molecule has 0 aliphatic carbocycles. The van der Waals surface area contributed by atoms with Crippen LogP contribution in [0.2, 0.25) is 10.0 Å². The van der Waals surface area contributed by atoms with Crippen LogP contribution in [0.1, 0.15) is 10.6 Å². The van der Waals surface area contributed by atoms with Gasteiger partial charge in [0, 0.05) is 11.6 Å². The van der Waals surface area contributed by atoms with Crippen LogP contribution in [0, 0.1) is 10.1 Å². The summed E-state index contributed by atoms with van der Waals surface area (Å²) >= 11 is 11.6. The van der Waals surface area contributed by atoms with Gasteiger partial charge in [-0.05, 0) is 18.2 Å². The second-order valence-electron chi connectivity index (χ2n) is 3.36. The molecule has 1 aromatic heterocycles. The third-order valence-corrected chi connectivity index (χ3v) is 2.86. The Hall–Kier alpha value is -1.85. The van der Waals surface area contributed by atoms with Gasteiger partial charge in [-0.1, -0.05) is 23.2 Å². The van der Waals surface area contributed by atoms with Crippen LogP contribution in [0.15, 0.2) is 28.7 Å². The van der Waals surface area contributed by atoms with Gasteiger partial charge in [0.2, 0.25) is 0 Å². The number of hydrogen-bond donors (Lipinski definition) is 0. The van der Waals surface area contributed by atoms with E-state index in [1.54, 1.807) is 0 Å². The molecule has 0 spiro atoms. The Balaban J connectivity index is 2.59. The van der Waals surface area contributed by atoms with Crippen molar-refractivity contribution in [3.63, 3.8) is 0 Å². The molecule has 92 valence electrons. The van der Waals surface area contributed by atoms with E-state index >= 15 is 0 Å². The number of aldehydes is 1. The van der Waals surface area contributed by atoms with Crippen molar-refractivity contribution >= 4 is 35.2 Å². The van der Waals surface area contributed by atoms with E-state index in [-0.39, 0.29) is 27.3 Å². The standard InChI is InChI=1S/C11H5Cl2NO4/c12-8-4-9(13)10(14(16)17)3-7(8)11-2-1-6(5-15)18-11/h1-5H. The van der Waals surface area contributed by atoms with Gasteiger partial charge >= 0.3 is 0 Å². The van der Waals surface area contributed by atoms with E-state index in [9.17, 15) is 14.9 Å². The van der Waals surface area contributed by atoms with Crippen LogP contribution in [-0.4, -0.2) is 11.2 Å². The minimum absolute atomic E-state index is 0.0593. The summed E-state index contributed by atoms with van der Waals surface area (Å²) in [6.45, 7) is 0. The molecule has 0 atom stereocenters. The van der Waals surface area contributed by atoms with E-state index in [0.717, 1.165) is 0 Å². The van der Waals surface area contributed by atoms with Gasteiger partial charge in [-0.25, -0.2) is 0 Å². The van der Waals surface area contributed by atoms with E-state index in [4.69, 9.17) is 27.6 Å². The molecule has 2 aromatic rings. The summed E-state index contributed by atoms with van der Waals surface area (Å²) in [5, 5.41) is 10.9. The maximum absolute atomic E-state index is 10.8. The first-order valence-electron chi connectivity index (χ1n) is 4.71. The molecular formula is C11H5Cl2NO4. The van der Waals surface area contributed by atoms with Crippen LogP contribution >= 0.6 is 23.2 Å². The second kappa shape index (κ2) is 4.80. The van der Waals surface area contributed by atoms with Crippen LogP contribution in [0.4, 0.5) is 5.69 Å². The summed E-state index contributed by atoms with van der Waals surface area (Å²) in [6.07, 6.45) is 0.529. The minimum Gasteiger partial charge on any atom is -0.453 e. The Labute approximate surface area is 111 Å². The maximum Gasteiger partial charge on any atom is 0.288 e. The SMILES string of the molecule is O=Cc1ccc(-c2cc([N+](=O)[O-])c(Cl)cc2Cl)o1. The Kier molecular flexibility index (Phi) is 3.36. The topological polar surface area (TPSA) is 73.3 Å². The number of rotatable bonds is 3. The van der Waals surface area contributed by atoms with Gasteiger partial charge in [0.05, 0.1) is 9.95 Å². The van der Waals surface area contributed by atoms with Crippen molar-refractivity contribution in [3.05, 3.63) is 50.2 Å². The van der Waals surface area contributed by atoms with Gasteiger partial charge in [-0.2, -0.15) is 0 Å². The molecule has 0 bridgehead atoms. The normalized spacial score (nSPS) is 10.3. The van der Waals surface area contributed by atoms with Gasteiger partial charge in [-0.3, -0.25) is 14.9 Å². The van der Waals surface area contributed by atoms with Gasteiger partial charge in [0.25, 0.3) is 5.69 Å². The highest BCUT2D eigenvalue weighted by atomic mass is 35.5. The Morgan fingerprint density at radius 1 is 1.22 bits per heavy atom. The number of carbonyl (C=O) groups excluding carboxylic acids is 1. The molecule has 0 aliphatic heterocycles. The van der Waals surface area contributed by atoms with E-state index in [0.29, 0.717) is 11.8 Å². The van der Waals surface area contributed by atoms with E-state index < -0.39 is 4.92 Å². The predicted molar refractivity (Wildman–Crippen MR) is 66.2 cm³/mol. The summed E-state index contributed by atoms with van der Waals surface area (Å²) in [5.74, 6) is 0.375. The Bertz CT molecular complexity index is 636. The lowest BCUT2D eigenvalue weighted by atomic mass is 10.1. The first kappa shape index (κ1) is 12.6. The molecule has 0 aliphatic rings. The highest BCUT2D eigenvalue weighted by Gasteiger charge is 2.18. The Morgan fingerprint density at radius 2 is 1.94 bits per heavy atom. The van der Waals surface area contributed by atoms with Crippen LogP contribution in [0.3, 0.4) is 0 Å². The smallest absolute Gasteiger partial charge is 0.288 e. The van der Waals surface area contributed by atoms with Crippen molar-refractivity contribution in [2.75, 3.05) is 0 Å². The summed E-state index contributed by atoms with van der Waals surface area (Å²) in [5.41, 5.74) is 0.0287. The van der Waals surface area contributed by atoms with Crippen LogP contribution < -0.4 is 0 Å². The summed E-state index contributed by atoms with van der Waals surface area (Å²) in [7, 11) is 0. The fourth-order valence-electron chi connectivity index (χ4n) is 1.43. The highest BCUT2D eigenvalue weighted by molar-refractivity contribution is 6.37. The van der Waals surface area contributed by atoms with Crippen LogP contribution in [0.5, 0.6) is 0 Å². The third-order valence-electron chi connectivity index (χ3n) is 2.24. The quantitative estimate of drug-likeness (QED) is 0.486. The van der Waals surface area contributed by atoms with Crippen molar-refractivity contribution in [2.24, 2.45) is 0 Å². The van der Waals surface area contributed by atoms with Crippen molar-refractivity contribution in [1.29, 1.82) is 0 Å². The number of nitrogens with zero attached hydrogens (tertiary/aromatic N) is 1. The molecule has 0 amide bonds. The van der Waals surface area contributed by atoms with Gasteiger partial charge in [0.15, 0.2) is 12.0 Å². The number of nitro benzene ring substituents is 1.